The van der Waals surface area contributed by atoms with Gasteiger partial charge in [0, 0.05) is 12.5 Å². The number of rotatable bonds is 5. The monoisotopic (exact) mass is 292 g/mol. The second-order valence-electron chi connectivity index (χ2n) is 4.14. The van der Waals surface area contributed by atoms with Crippen molar-refractivity contribution in [3.63, 3.8) is 0 Å². The first-order valence-corrected chi connectivity index (χ1v) is 6.13. The van der Waals surface area contributed by atoms with Crippen LogP contribution in [0.15, 0.2) is 29.8 Å². The molecule has 0 unspecified atom stereocenters. The summed E-state index contributed by atoms with van der Waals surface area (Å²) >= 11 is 0. The predicted octanol–water partition coefficient (Wildman–Crippen LogP) is 1.73. The van der Waals surface area contributed by atoms with Crippen LogP contribution in [0.3, 0.4) is 0 Å². The van der Waals surface area contributed by atoms with Gasteiger partial charge in [0.05, 0.1) is 7.11 Å². The van der Waals surface area contributed by atoms with Gasteiger partial charge in [0.15, 0.2) is 6.61 Å². The summed E-state index contributed by atoms with van der Waals surface area (Å²) in [6, 6.07) is 7.07. The second kappa shape index (κ2) is 7.84. The number of carbonyl (C=O) groups is 3. The van der Waals surface area contributed by atoms with Crippen LogP contribution < -0.4 is 4.74 Å². The minimum Gasteiger partial charge on any atom is -0.497 e. The van der Waals surface area contributed by atoms with Crippen molar-refractivity contribution in [2.45, 2.75) is 13.8 Å². The number of esters is 3. The van der Waals surface area contributed by atoms with Crippen molar-refractivity contribution in [3.8, 4) is 5.75 Å². The molecule has 0 spiro atoms. The molecule has 0 aromatic heterocycles. The molecule has 6 heteroatoms. The number of methoxy groups -OCH3 is 1. The number of hydrogen-bond acceptors (Lipinski definition) is 6. The van der Waals surface area contributed by atoms with E-state index < -0.39 is 24.5 Å². The Morgan fingerprint density at radius 3 is 2.24 bits per heavy atom. The SMILES string of the molecule is COc1ccc(/C=C(\C)C(=O)OCC(=O)OC(C)=O)cc1. The Bertz CT molecular complexity index is 556. The first kappa shape index (κ1) is 16.4. The Balaban J connectivity index is 2.58. The van der Waals surface area contributed by atoms with Crippen LogP contribution in [0.2, 0.25) is 0 Å². The van der Waals surface area contributed by atoms with Crippen molar-refractivity contribution in [2.24, 2.45) is 0 Å². The van der Waals surface area contributed by atoms with Crippen molar-refractivity contribution < 1.29 is 28.6 Å². The van der Waals surface area contributed by atoms with Crippen molar-refractivity contribution in [3.05, 3.63) is 35.4 Å². The van der Waals surface area contributed by atoms with Crippen LogP contribution in [0.4, 0.5) is 0 Å². The highest BCUT2D eigenvalue weighted by Gasteiger charge is 2.11. The topological polar surface area (TPSA) is 78.9 Å². The molecule has 0 saturated heterocycles. The third kappa shape index (κ3) is 5.90. The average Bonchev–Trinajstić information content (AvgIpc) is 2.44. The van der Waals surface area contributed by atoms with Crippen LogP contribution in [0.25, 0.3) is 6.08 Å². The highest BCUT2D eigenvalue weighted by atomic mass is 16.6. The van der Waals surface area contributed by atoms with E-state index in [4.69, 9.17) is 9.47 Å². The van der Waals surface area contributed by atoms with Gasteiger partial charge in [0.25, 0.3) is 0 Å². The average molecular weight is 292 g/mol. The van der Waals surface area contributed by atoms with Crippen molar-refractivity contribution >= 4 is 24.0 Å². The fourth-order valence-electron chi connectivity index (χ4n) is 1.44. The summed E-state index contributed by atoms with van der Waals surface area (Å²) in [6.07, 6.45) is 1.61. The summed E-state index contributed by atoms with van der Waals surface area (Å²) < 4.78 is 14.0. The highest BCUT2D eigenvalue weighted by molar-refractivity contribution is 5.94. The molecule has 21 heavy (non-hydrogen) atoms. The van der Waals surface area contributed by atoms with E-state index in [0.717, 1.165) is 12.5 Å². The minimum atomic E-state index is -0.909. The van der Waals surface area contributed by atoms with E-state index in [1.165, 1.54) is 0 Å². The summed E-state index contributed by atoms with van der Waals surface area (Å²) in [7, 11) is 1.56. The molecule has 0 atom stereocenters. The summed E-state index contributed by atoms with van der Waals surface area (Å²) in [4.78, 5) is 33.2. The zero-order valence-electron chi connectivity index (χ0n) is 12.0. The largest absolute Gasteiger partial charge is 0.497 e. The molecule has 0 aliphatic carbocycles. The van der Waals surface area contributed by atoms with Crippen molar-refractivity contribution in [1.29, 1.82) is 0 Å². The number of benzene rings is 1. The molecule has 6 nitrogen and oxygen atoms in total. The smallest absolute Gasteiger partial charge is 0.351 e. The van der Waals surface area contributed by atoms with E-state index in [1.54, 1.807) is 44.4 Å². The van der Waals surface area contributed by atoms with E-state index in [1.807, 2.05) is 0 Å². The molecule has 0 saturated carbocycles. The van der Waals surface area contributed by atoms with Crippen molar-refractivity contribution in [1.82, 2.24) is 0 Å². The van der Waals surface area contributed by atoms with Gasteiger partial charge < -0.3 is 14.2 Å². The third-order valence-electron chi connectivity index (χ3n) is 2.40. The van der Waals surface area contributed by atoms with Gasteiger partial charge in [0.2, 0.25) is 0 Å². The molecule has 0 aliphatic rings. The molecule has 1 rings (SSSR count). The predicted molar refractivity (Wildman–Crippen MR) is 74.4 cm³/mol. The molecule has 0 N–H and O–H groups in total. The second-order valence-corrected chi connectivity index (χ2v) is 4.14. The van der Waals surface area contributed by atoms with Gasteiger partial charge in [0.1, 0.15) is 5.75 Å². The van der Waals surface area contributed by atoms with Crippen LogP contribution in [-0.2, 0) is 23.9 Å². The Labute approximate surface area is 122 Å². The van der Waals surface area contributed by atoms with Crippen LogP contribution in [0.5, 0.6) is 5.75 Å². The lowest BCUT2D eigenvalue weighted by Gasteiger charge is -2.04. The van der Waals surface area contributed by atoms with Crippen LogP contribution in [0, 0.1) is 0 Å². The van der Waals surface area contributed by atoms with Gasteiger partial charge in [-0.25, -0.2) is 9.59 Å². The normalized spacial score (nSPS) is 10.7. The first-order valence-electron chi connectivity index (χ1n) is 6.13. The van der Waals surface area contributed by atoms with Gasteiger partial charge in [-0.3, -0.25) is 4.79 Å². The first-order chi connectivity index (χ1) is 9.92. The highest BCUT2D eigenvalue weighted by Crippen LogP contribution is 2.14. The lowest BCUT2D eigenvalue weighted by Crippen LogP contribution is -2.18. The van der Waals surface area contributed by atoms with Gasteiger partial charge in [-0.1, -0.05) is 12.1 Å². The lowest BCUT2D eigenvalue weighted by molar-refractivity contribution is -0.164. The maximum Gasteiger partial charge on any atom is 0.351 e. The zero-order valence-corrected chi connectivity index (χ0v) is 12.0. The molecular formula is C15H16O6. The summed E-state index contributed by atoms with van der Waals surface area (Å²) in [5.74, 6) is -1.61. The van der Waals surface area contributed by atoms with Crippen LogP contribution >= 0.6 is 0 Å². The summed E-state index contributed by atoms with van der Waals surface area (Å²) in [5, 5.41) is 0. The van der Waals surface area contributed by atoms with Gasteiger partial charge in [-0.2, -0.15) is 0 Å². The molecule has 0 radical (unpaired) electrons. The molecule has 1 aromatic carbocycles. The van der Waals surface area contributed by atoms with Gasteiger partial charge >= 0.3 is 17.9 Å². The van der Waals surface area contributed by atoms with E-state index in [9.17, 15) is 14.4 Å². The fourth-order valence-corrected chi connectivity index (χ4v) is 1.44. The Morgan fingerprint density at radius 2 is 1.71 bits per heavy atom. The third-order valence-corrected chi connectivity index (χ3v) is 2.40. The van der Waals surface area contributed by atoms with Gasteiger partial charge in [-0.05, 0) is 30.7 Å². The quantitative estimate of drug-likeness (QED) is 0.467. The van der Waals surface area contributed by atoms with E-state index in [2.05, 4.69) is 4.74 Å². The molecule has 112 valence electrons. The zero-order chi connectivity index (χ0) is 15.8. The Kier molecular flexibility index (Phi) is 6.13. The number of carbonyl (C=O) groups excluding carboxylic acids is 3. The maximum atomic E-state index is 11.7. The molecule has 0 fully saturated rings. The van der Waals surface area contributed by atoms with Crippen LogP contribution in [-0.4, -0.2) is 31.6 Å². The lowest BCUT2D eigenvalue weighted by atomic mass is 10.1. The standard InChI is InChI=1S/C15H16O6/c1-10(8-12-4-6-13(19-3)7-5-12)15(18)20-9-14(17)21-11(2)16/h4-8H,9H2,1-3H3/b10-8+. The Hall–Kier alpha value is -2.63. The molecular weight excluding hydrogens is 276 g/mol. The van der Waals surface area contributed by atoms with E-state index >= 15 is 0 Å². The summed E-state index contributed by atoms with van der Waals surface area (Å²) in [5.41, 5.74) is 1.10. The molecule has 0 bridgehead atoms. The maximum absolute atomic E-state index is 11.7. The summed E-state index contributed by atoms with van der Waals surface area (Å²) in [6.45, 7) is 2.05. The molecule has 0 amide bonds. The van der Waals surface area contributed by atoms with Crippen molar-refractivity contribution in [2.75, 3.05) is 13.7 Å². The number of ether oxygens (including phenoxy) is 3. The molecule has 0 aliphatic heterocycles. The van der Waals surface area contributed by atoms with Crippen LogP contribution in [0.1, 0.15) is 19.4 Å². The van der Waals surface area contributed by atoms with E-state index in [0.29, 0.717) is 11.3 Å². The Morgan fingerprint density at radius 1 is 1.10 bits per heavy atom. The fraction of sp³-hybridized carbons (Fsp3) is 0.267. The minimum absolute atomic E-state index is 0.316. The number of hydrogen-bond donors (Lipinski definition) is 0. The molecule has 0 heterocycles. The van der Waals surface area contributed by atoms with E-state index in [-0.39, 0.29) is 0 Å². The van der Waals surface area contributed by atoms with Gasteiger partial charge in [-0.15, -0.1) is 0 Å². The molecule has 1 aromatic rings.